The van der Waals surface area contributed by atoms with Crippen LogP contribution in [0.3, 0.4) is 0 Å². The zero-order chi connectivity index (χ0) is 17.2. The summed E-state index contributed by atoms with van der Waals surface area (Å²) in [7, 11) is 0. The molecule has 3 rings (SSSR count). The fourth-order valence-corrected chi connectivity index (χ4v) is 1.88. The molecule has 2 aromatic rings. The van der Waals surface area contributed by atoms with Crippen molar-refractivity contribution >= 4 is 11.9 Å². The van der Waals surface area contributed by atoms with Gasteiger partial charge in [0.05, 0.1) is 6.54 Å². The molecule has 2 heterocycles. The van der Waals surface area contributed by atoms with Gasteiger partial charge in [-0.15, -0.1) is 0 Å². The van der Waals surface area contributed by atoms with Crippen LogP contribution in [0.2, 0.25) is 0 Å². The highest BCUT2D eigenvalue weighted by Crippen LogP contribution is 2.34. The van der Waals surface area contributed by atoms with E-state index < -0.39 is 11.7 Å². The number of aromatic nitrogens is 2. The maximum Gasteiger partial charge on any atom is 0.408 e. The minimum Gasteiger partial charge on any atom is -0.457 e. The van der Waals surface area contributed by atoms with Crippen molar-refractivity contribution in [3.8, 4) is 11.5 Å². The molecule has 1 aliphatic rings. The lowest BCUT2D eigenvalue weighted by Crippen LogP contribution is -2.32. The number of nitrogens with zero attached hydrogens (tertiary/aromatic N) is 2. The smallest absolute Gasteiger partial charge is 0.408 e. The standard InChI is InChI=1S/C16H17N3O5/c1-16(2,3)23-15(20)17-8-13-18-14(24-19-13)12-9-21-10-6-4-5-7-11(10)22-12/h4-7,9H,8H2,1-3H3,(H,17,20). The summed E-state index contributed by atoms with van der Waals surface area (Å²) < 4.78 is 21.4. The van der Waals surface area contributed by atoms with Crippen LogP contribution in [0.5, 0.6) is 11.5 Å². The lowest BCUT2D eigenvalue weighted by molar-refractivity contribution is 0.0522. The Hall–Kier alpha value is -3.03. The summed E-state index contributed by atoms with van der Waals surface area (Å²) >= 11 is 0. The van der Waals surface area contributed by atoms with Gasteiger partial charge in [0.15, 0.2) is 17.3 Å². The summed E-state index contributed by atoms with van der Waals surface area (Å²) in [5.41, 5.74) is -0.571. The molecule has 0 atom stereocenters. The Bertz CT molecular complexity index is 776. The molecule has 0 radical (unpaired) electrons. The molecule has 1 aromatic heterocycles. The Kier molecular flexibility index (Phi) is 4.11. The van der Waals surface area contributed by atoms with Gasteiger partial charge in [0.2, 0.25) is 5.76 Å². The summed E-state index contributed by atoms with van der Waals surface area (Å²) in [5, 5.41) is 6.33. The van der Waals surface area contributed by atoms with Crippen LogP contribution in [0.1, 0.15) is 32.5 Å². The second-order valence-electron chi connectivity index (χ2n) is 6.02. The van der Waals surface area contributed by atoms with E-state index in [1.54, 1.807) is 32.9 Å². The molecule has 126 valence electrons. The number of benzene rings is 1. The van der Waals surface area contributed by atoms with Crippen LogP contribution < -0.4 is 14.8 Å². The van der Waals surface area contributed by atoms with Crippen molar-refractivity contribution in [3.05, 3.63) is 42.2 Å². The number of carbonyl (C=O) groups is 1. The molecule has 0 spiro atoms. The van der Waals surface area contributed by atoms with Crippen molar-refractivity contribution in [2.24, 2.45) is 0 Å². The number of hydrogen-bond acceptors (Lipinski definition) is 7. The number of amides is 1. The summed E-state index contributed by atoms with van der Waals surface area (Å²) in [4.78, 5) is 15.8. The highest BCUT2D eigenvalue weighted by molar-refractivity contribution is 5.67. The number of para-hydroxylation sites is 2. The maximum absolute atomic E-state index is 11.6. The summed E-state index contributed by atoms with van der Waals surface area (Å²) in [6.45, 7) is 5.42. The van der Waals surface area contributed by atoms with Gasteiger partial charge in [-0.3, -0.25) is 0 Å². The zero-order valence-electron chi connectivity index (χ0n) is 13.5. The molecule has 8 nitrogen and oxygen atoms in total. The van der Waals surface area contributed by atoms with E-state index in [2.05, 4.69) is 15.5 Å². The Morgan fingerprint density at radius 2 is 2.00 bits per heavy atom. The van der Waals surface area contributed by atoms with Crippen LogP contribution in [0.15, 0.2) is 35.1 Å². The number of hydrogen-bond donors (Lipinski definition) is 1. The predicted octanol–water partition coefficient (Wildman–Crippen LogP) is 2.86. The number of carbonyl (C=O) groups excluding carboxylic acids is 1. The Labute approximate surface area is 138 Å². The second-order valence-corrected chi connectivity index (χ2v) is 6.02. The third kappa shape index (κ3) is 3.83. The number of alkyl carbamates (subject to hydrolysis) is 1. The van der Waals surface area contributed by atoms with Gasteiger partial charge in [0.25, 0.3) is 5.89 Å². The summed E-state index contributed by atoms with van der Waals surface area (Å²) in [6.07, 6.45) is 0.834. The first kappa shape index (κ1) is 15.9. The lowest BCUT2D eigenvalue weighted by atomic mass is 10.2. The number of fused-ring (bicyclic) bond motifs is 1. The van der Waals surface area contributed by atoms with Gasteiger partial charge < -0.3 is 24.1 Å². The van der Waals surface area contributed by atoms with Gasteiger partial charge in [-0.2, -0.15) is 4.98 Å². The van der Waals surface area contributed by atoms with E-state index in [0.29, 0.717) is 23.1 Å². The molecular formula is C16H17N3O5. The average molecular weight is 331 g/mol. The van der Waals surface area contributed by atoms with Crippen LogP contribution in [-0.2, 0) is 11.3 Å². The zero-order valence-corrected chi connectivity index (χ0v) is 13.5. The molecule has 0 unspecified atom stereocenters. The fourth-order valence-electron chi connectivity index (χ4n) is 1.88. The molecule has 0 bridgehead atoms. The van der Waals surface area contributed by atoms with E-state index in [1.165, 1.54) is 6.26 Å². The van der Waals surface area contributed by atoms with Crippen molar-refractivity contribution in [2.75, 3.05) is 0 Å². The molecule has 0 saturated carbocycles. The van der Waals surface area contributed by atoms with Crippen LogP contribution in [0.4, 0.5) is 4.79 Å². The molecule has 1 aromatic carbocycles. The van der Waals surface area contributed by atoms with Gasteiger partial charge in [-0.1, -0.05) is 17.3 Å². The molecule has 1 aliphatic heterocycles. The van der Waals surface area contributed by atoms with Crippen LogP contribution in [0.25, 0.3) is 5.76 Å². The minimum atomic E-state index is -0.571. The number of rotatable bonds is 3. The Morgan fingerprint density at radius 1 is 1.25 bits per heavy atom. The minimum absolute atomic E-state index is 0.0726. The lowest BCUT2D eigenvalue weighted by Gasteiger charge is -2.19. The molecule has 0 fully saturated rings. The molecule has 1 amide bonds. The van der Waals surface area contributed by atoms with Crippen molar-refractivity contribution in [2.45, 2.75) is 32.9 Å². The number of ether oxygens (including phenoxy) is 3. The van der Waals surface area contributed by atoms with E-state index in [-0.39, 0.29) is 12.4 Å². The highest BCUT2D eigenvalue weighted by atomic mass is 16.6. The molecule has 1 N–H and O–H groups in total. The van der Waals surface area contributed by atoms with Crippen LogP contribution in [0, 0.1) is 0 Å². The third-order valence-electron chi connectivity index (χ3n) is 2.83. The average Bonchev–Trinajstić information content (AvgIpc) is 3.00. The second kappa shape index (κ2) is 6.23. The monoisotopic (exact) mass is 331 g/mol. The van der Waals surface area contributed by atoms with E-state index in [0.717, 1.165) is 0 Å². The van der Waals surface area contributed by atoms with Gasteiger partial charge in [-0.25, -0.2) is 4.79 Å². The van der Waals surface area contributed by atoms with E-state index in [9.17, 15) is 4.79 Å². The molecule has 0 saturated heterocycles. The quantitative estimate of drug-likeness (QED) is 0.923. The van der Waals surface area contributed by atoms with Crippen molar-refractivity contribution < 1.29 is 23.5 Å². The highest BCUT2D eigenvalue weighted by Gasteiger charge is 2.21. The Balaban J connectivity index is 1.60. The number of nitrogens with one attached hydrogen (secondary N) is 1. The van der Waals surface area contributed by atoms with Crippen molar-refractivity contribution in [1.82, 2.24) is 15.5 Å². The first-order chi connectivity index (χ1) is 11.4. The third-order valence-corrected chi connectivity index (χ3v) is 2.83. The fraction of sp³-hybridized carbons (Fsp3) is 0.312. The molecule has 24 heavy (non-hydrogen) atoms. The van der Waals surface area contributed by atoms with Crippen molar-refractivity contribution in [1.29, 1.82) is 0 Å². The topological polar surface area (TPSA) is 95.7 Å². The summed E-state index contributed by atoms with van der Waals surface area (Å²) in [6, 6.07) is 7.22. The summed E-state index contributed by atoms with van der Waals surface area (Å²) in [5.74, 6) is 1.91. The largest absolute Gasteiger partial charge is 0.457 e. The predicted molar refractivity (Wildman–Crippen MR) is 83.0 cm³/mol. The van der Waals surface area contributed by atoms with E-state index in [1.807, 2.05) is 12.1 Å². The maximum atomic E-state index is 11.6. The van der Waals surface area contributed by atoms with Gasteiger partial charge in [0, 0.05) is 0 Å². The molecule has 8 heteroatoms. The van der Waals surface area contributed by atoms with E-state index >= 15 is 0 Å². The van der Waals surface area contributed by atoms with Gasteiger partial charge >= 0.3 is 6.09 Å². The van der Waals surface area contributed by atoms with Crippen LogP contribution >= 0.6 is 0 Å². The van der Waals surface area contributed by atoms with Crippen molar-refractivity contribution in [3.63, 3.8) is 0 Å². The molecular weight excluding hydrogens is 314 g/mol. The SMILES string of the molecule is CC(C)(C)OC(=O)NCc1noc(C2=COc3ccccc3O2)n1. The van der Waals surface area contributed by atoms with E-state index in [4.69, 9.17) is 18.7 Å². The van der Waals surface area contributed by atoms with Gasteiger partial charge in [-0.05, 0) is 32.9 Å². The Morgan fingerprint density at radius 3 is 2.75 bits per heavy atom. The first-order valence-electron chi connectivity index (χ1n) is 7.34. The van der Waals surface area contributed by atoms with Gasteiger partial charge in [0.1, 0.15) is 11.9 Å². The van der Waals surface area contributed by atoms with Crippen LogP contribution in [-0.4, -0.2) is 21.8 Å². The first-order valence-corrected chi connectivity index (χ1v) is 7.34. The normalized spacial score (nSPS) is 13.2. The molecule has 0 aliphatic carbocycles.